The van der Waals surface area contributed by atoms with E-state index >= 15 is 0 Å². The summed E-state index contributed by atoms with van der Waals surface area (Å²) in [7, 11) is 1.66. The van der Waals surface area contributed by atoms with Crippen LogP contribution < -0.4 is 4.74 Å². The predicted octanol–water partition coefficient (Wildman–Crippen LogP) is 4.56. The van der Waals surface area contributed by atoms with Gasteiger partial charge in [-0.25, -0.2) is 0 Å². The average Bonchev–Trinajstić information content (AvgIpc) is 2.47. The highest BCUT2D eigenvalue weighted by Gasteiger charge is 1.98. The molecule has 3 heteroatoms. The SMILES string of the molecule is CCSc1ccccc1C=Nc1ccc(OC)cc1. The van der Waals surface area contributed by atoms with Crippen molar-refractivity contribution in [2.45, 2.75) is 11.8 Å². The van der Waals surface area contributed by atoms with E-state index in [9.17, 15) is 0 Å². The summed E-state index contributed by atoms with van der Waals surface area (Å²) in [6.07, 6.45) is 1.92. The summed E-state index contributed by atoms with van der Waals surface area (Å²) >= 11 is 1.83. The second kappa shape index (κ2) is 7.00. The van der Waals surface area contributed by atoms with Crippen LogP contribution in [0.4, 0.5) is 5.69 Å². The first-order valence-corrected chi connectivity index (χ1v) is 7.22. The molecule has 0 aliphatic rings. The van der Waals surface area contributed by atoms with Crippen LogP contribution in [0, 0.1) is 0 Å². The summed E-state index contributed by atoms with van der Waals surface area (Å²) in [6, 6.07) is 16.0. The number of benzene rings is 2. The molecule has 0 spiro atoms. The lowest BCUT2D eigenvalue weighted by molar-refractivity contribution is 0.415. The van der Waals surface area contributed by atoms with Crippen LogP contribution >= 0.6 is 11.8 Å². The Kier molecular flexibility index (Phi) is 5.04. The van der Waals surface area contributed by atoms with Crippen LogP contribution in [0.25, 0.3) is 0 Å². The normalized spacial score (nSPS) is 10.8. The molecule has 0 aliphatic heterocycles. The third kappa shape index (κ3) is 3.86. The van der Waals surface area contributed by atoms with Gasteiger partial charge < -0.3 is 4.74 Å². The highest BCUT2D eigenvalue weighted by atomic mass is 32.2. The van der Waals surface area contributed by atoms with E-state index in [1.807, 2.05) is 48.3 Å². The summed E-state index contributed by atoms with van der Waals surface area (Å²) in [6.45, 7) is 2.15. The Morgan fingerprint density at radius 3 is 2.53 bits per heavy atom. The molecule has 0 aromatic heterocycles. The van der Waals surface area contributed by atoms with E-state index in [2.05, 4.69) is 30.1 Å². The second-order valence-corrected chi connectivity index (χ2v) is 5.23. The van der Waals surface area contributed by atoms with Crippen molar-refractivity contribution in [2.75, 3.05) is 12.9 Å². The standard InChI is InChI=1S/C16H17NOS/c1-3-19-16-7-5-4-6-13(16)12-17-14-8-10-15(18-2)11-9-14/h4-12H,3H2,1-2H3. The van der Waals surface area contributed by atoms with Crippen molar-refractivity contribution in [3.8, 4) is 5.75 Å². The van der Waals surface area contributed by atoms with Gasteiger partial charge in [0.1, 0.15) is 5.75 Å². The number of methoxy groups -OCH3 is 1. The molecule has 2 aromatic rings. The first-order chi connectivity index (χ1) is 9.33. The fourth-order valence-corrected chi connectivity index (χ4v) is 2.46. The largest absolute Gasteiger partial charge is 0.497 e. The van der Waals surface area contributed by atoms with Crippen molar-refractivity contribution >= 4 is 23.7 Å². The van der Waals surface area contributed by atoms with E-state index in [1.54, 1.807) is 7.11 Å². The van der Waals surface area contributed by atoms with Gasteiger partial charge in [-0.3, -0.25) is 4.99 Å². The lowest BCUT2D eigenvalue weighted by Crippen LogP contribution is -1.85. The van der Waals surface area contributed by atoms with E-state index < -0.39 is 0 Å². The van der Waals surface area contributed by atoms with Gasteiger partial charge in [0, 0.05) is 16.7 Å². The van der Waals surface area contributed by atoms with Crippen LogP contribution in [0.15, 0.2) is 58.4 Å². The minimum absolute atomic E-state index is 0.848. The number of rotatable bonds is 5. The molecule has 2 aromatic carbocycles. The molecule has 98 valence electrons. The number of nitrogens with zero attached hydrogens (tertiary/aromatic N) is 1. The molecule has 2 nitrogen and oxygen atoms in total. The molecule has 19 heavy (non-hydrogen) atoms. The van der Waals surface area contributed by atoms with E-state index in [0.717, 1.165) is 22.8 Å². The van der Waals surface area contributed by atoms with E-state index in [1.165, 1.54) is 4.90 Å². The first-order valence-electron chi connectivity index (χ1n) is 6.23. The molecule has 0 amide bonds. The zero-order chi connectivity index (χ0) is 13.5. The molecule has 2 rings (SSSR count). The highest BCUT2D eigenvalue weighted by Crippen LogP contribution is 2.22. The molecular weight excluding hydrogens is 254 g/mol. The summed E-state index contributed by atoms with van der Waals surface area (Å²) in [5.74, 6) is 1.91. The van der Waals surface area contributed by atoms with Crippen molar-refractivity contribution in [3.05, 3.63) is 54.1 Å². The second-order valence-electron chi connectivity index (χ2n) is 3.93. The van der Waals surface area contributed by atoms with Gasteiger partial charge in [-0.15, -0.1) is 11.8 Å². The van der Waals surface area contributed by atoms with Crippen LogP contribution in [0.1, 0.15) is 12.5 Å². The van der Waals surface area contributed by atoms with Crippen molar-refractivity contribution in [1.29, 1.82) is 0 Å². The monoisotopic (exact) mass is 271 g/mol. The Labute approximate surface area is 118 Å². The van der Waals surface area contributed by atoms with Crippen LogP contribution in [-0.2, 0) is 0 Å². The predicted molar refractivity (Wildman–Crippen MR) is 83.1 cm³/mol. The molecular formula is C16H17NOS. The Morgan fingerprint density at radius 2 is 1.84 bits per heavy atom. The number of hydrogen-bond donors (Lipinski definition) is 0. The number of thioether (sulfide) groups is 1. The van der Waals surface area contributed by atoms with E-state index in [4.69, 9.17) is 4.74 Å². The maximum atomic E-state index is 5.13. The van der Waals surface area contributed by atoms with E-state index in [0.29, 0.717) is 0 Å². The highest BCUT2D eigenvalue weighted by molar-refractivity contribution is 7.99. The maximum Gasteiger partial charge on any atom is 0.119 e. The topological polar surface area (TPSA) is 21.6 Å². The minimum atomic E-state index is 0.848. The van der Waals surface area contributed by atoms with Crippen molar-refractivity contribution < 1.29 is 4.74 Å². The van der Waals surface area contributed by atoms with Gasteiger partial charge >= 0.3 is 0 Å². The summed E-state index contributed by atoms with van der Waals surface area (Å²) in [5, 5.41) is 0. The number of hydrogen-bond acceptors (Lipinski definition) is 3. The fraction of sp³-hybridized carbons (Fsp3) is 0.188. The molecule has 0 aliphatic carbocycles. The number of ether oxygens (including phenoxy) is 1. The summed E-state index contributed by atoms with van der Waals surface area (Å²) in [4.78, 5) is 5.77. The van der Waals surface area contributed by atoms with Gasteiger partial charge in [-0.05, 0) is 36.1 Å². The quantitative estimate of drug-likeness (QED) is 0.587. The molecule has 0 saturated heterocycles. The summed E-state index contributed by atoms with van der Waals surface area (Å²) < 4.78 is 5.13. The van der Waals surface area contributed by atoms with Crippen molar-refractivity contribution in [3.63, 3.8) is 0 Å². The Balaban J connectivity index is 2.17. The zero-order valence-electron chi connectivity index (χ0n) is 11.2. The lowest BCUT2D eigenvalue weighted by atomic mass is 10.2. The molecule has 0 atom stereocenters. The van der Waals surface area contributed by atoms with E-state index in [-0.39, 0.29) is 0 Å². The van der Waals surface area contributed by atoms with Crippen LogP contribution in [0.3, 0.4) is 0 Å². The molecule has 0 bridgehead atoms. The van der Waals surface area contributed by atoms with Gasteiger partial charge in [-0.2, -0.15) is 0 Å². The Hall–Kier alpha value is -1.74. The van der Waals surface area contributed by atoms with Gasteiger partial charge in [0.05, 0.1) is 12.8 Å². The molecule has 0 N–H and O–H groups in total. The molecule has 0 unspecified atom stereocenters. The Morgan fingerprint density at radius 1 is 1.11 bits per heavy atom. The van der Waals surface area contributed by atoms with Gasteiger partial charge in [0.2, 0.25) is 0 Å². The minimum Gasteiger partial charge on any atom is -0.497 e. The third-order valence-corrected chi connectivity index (χ3v) is 3.62. The van der Waals surface area contributed by atoms with Crippen molar-refractivity contribution in [1.82, 2.24) is 0 Å². The summed E-state index contributed by atoms with van der Waals surface area (Å²) in [5.41, 5.74) is 2.09. The van der Waals surface area contributed by atoms with Crippen LogP contribution in [-0.4, -0.2) is 19.1 Å². The Bertz CT molecular complexity index is 549. The maximum absolute atomic E-state index is 5.13. The fourth-order valence-electron chi connectivity index (χ4n) is 1.69. The number of aliphatic imine (C=N–C) groups is 1. The third-order valence-electron chi connectivity index (χ3n) is 2.64. The lowest BCUT2D eigenvalue weighted by Gasteiger charge is -2.03. The van der Waals surface area contributed by atoms with Gasteiger partial charge in [-0.1, -0.05) is 25.1 Å². The smallest absolute Gasteiger partial charge is 0.119 e. The zero-order valence-corrected chi connectivity index (χ0v) is 12.0. The average molecular weight is 271 g/mol. The van der Waals surface area contributed by atoms with Gasteiger partial charge in [0.15, 0.2) is 0 Å². The van der Waals surface area contributed by atoms with Crippen LogP contribution in [0.2, 0.25) is 0 Å². The molecule has 0 radical (unpaired) electrons. The first kappa shape index (κ1) is 13.7. The van der Waals surface area contributed by atoms with Crippen molar-refractivity contribution in [2.24, 2.45) is 4.99 Å². The molecule has 0 saturated carbocycles. The van der Waals surface area contributed by atoms with Gasteiger partial charge in [0.25, 0.3) is 0 Å². The van der Waals surface area contributed by atoms with Crippen LogP contribution in [0.5, 0.6) is 5.75 Å². The molecule has 0 fully saturated rings. The molecule has 0 heterocycles.